The summed E-state index contributed by atoms with van der Waals surface area (Å²) in [6.45, 7) is 5.98. The second kappa shape index (κ2) is 10.0. The Bertz CT molecular complexity index is 1550. The molecule has 2 heterocycles. The summed E-state index contributed by atoms with van der Waals surface area (Å²) < 4.78 is 2.20. The molecule has 0 saturated carbocycles. The summed E-state index contributed by atoms with van der Waals surface area (Å²) in [5.74, 6) is 0.846. The number of nitrogens with zero attached hydrogens (tertiary/aromatic N) is 2. The number of hydrogen-bond acceptors (Lipinski definition) is 2. The predicted octanol–water partition coefficient (Wildman–Crippen LogP) is 8.73. The number of nitrogens with one attached hydrogen (secondary N) is 1. The Labute approximate surface area is 212 Å². The molecule has 2 aromatic heterocycles. The highest BCUT2D eigenvalue weighted by Gasteiger charge is 2.24. The minimum Gasteiger partial charge on any atom is -0.300 e. The molecular formula is C33H29N3. The van der Waals surface area contributed by atoms with E-state index in [1.807, 2.05) is 69.3 Å². The molecule has 0 atom stereocenters. The Hall–Kier alpha value is -4.50. The van der Waals surface area contributed by atoms with Crippen molar-refractivity contribution in [3.05, 3.63) is 126 Å². The largest absolute Gasteiger partial charge is 0.300 e. The van der Waals surface area contributed by atoms with Crippen LogP contribution in [0.15, 0.2) is 115 Å². The lowest BCUT2D eigenvalue weighted by atomic mass is 9.94. The van der Waals surface area contributed by atoms with Crippen LogP contribution < -0.4 is 0 Å². The smallest absolute Gasteiger partial charge is 0.138 e. The Morgan fingerprint density at radius 1 is 0.722 bits per heavy atom. The topological polar surface area (TPSA) is 41.7 Å². The molecule has 0 fully saturated rings. The minimum atomic E-state index is 0.553. The molecule has 0 unspecified atom stereocenters. The molecule has 36 heavy (non-hydrogen) atoms. The standard InChI is InChI=1S/C31H23N3.C2H6/c1-2-21-17-18-28-30(31(21)32)25-15-9-10-16-27(25)34(28)29-20-24(22-11-5-3-6-12-22)19-26(33-29)23-13-7-4-8-14-23;1-2/h2-20,32H,1H3;1-2H3/b21-2-,32-31?;. The number of allylic oxidation sites excluding steroid dienone is 3. The molecule has 3 aromatic carbocycles. The first-order valence-electron chi connectivity index (χ1n) is 12.4. The van der Waals surface area contributed by atoms with Crippen molar-refractivity contribution in [3.8, 4) is 28.2 Å². The Morgan fingerprint density at radius 3 is 2.06 bits per heavy atom. The van der Waals surface area contributed by atoms with E-state index in [-0.39, 0.29) is 0 Å². The van der Waals surface area contributed by atoms with Gasteiger partial charge < -0.3 is 0 Å². The van der Waals surface area contributed by atoms with Crippen LogP contribution in [0, 0.1) is 5.41 Å². The summed E-state index contributed by atoms with van der Waals surface area (Å²) in [6.07, 6.45) is 6.14. The third kappa shape index (κ3) is 3.99. The summed E-state index contributed by atoms with van der Waals surface area (Å²) in [4.78, 5) is 5.14. The van der Waals surface area contributed by atoms with Gasteiger partial charge in [0.2, 0.25) is 0 Å². The summed E-state index contributed by atoms with van der Waals surface area (Å²) >= 11 is 0. The molecule has 0 amide bonds. The molecule has 0 spiro atoms. The first kappa shape index (κ1) is 23.3. The molecular weight excluding hydrogens is 438 g/mol. The van der Waals surface area contributed by atoms with Crippen molar-refractivity contribution in [1.82, 2.24) is 9.55 Å². The monoisotopic (exact) mass is 467 g/mol. The first-order valence-corrected chi connectivity index (χ1v) is 12.4. The summed E-state index contributed by atoms with van der Waals surface area (Å²) in [6, 6.07) is 33.3. The number of hydrogen-bond donors (Lipinski definition) is 1. The van der Waals surface area contributed by atoms with E-state index < -0.39 is 0 Å². The van der Waals surface area contributed by atoms with Gasteiger partial charge in [-0.05, 0) is 47.9 Å². The van der Waals surface area contributed by atoms with Crippen molar-refractivity contribution in [2.45, 2.75) is 20.8 Å². The number of aromatic nitrogens is 2. The fourth-order valence-electron chi connectivity index (χ4n) is 4.75. The molecule has 3 heteroatoms. The average molecular weight is 468 g/mol. The molecule has 3 nitrogen and oxygen atoms in total. The van der Waals surface area contributed by atoms with Crippen LogP contribution in [0.5, 0.6) is 0 Å². The van der Waals surface area contributed by atoms with E-state index in [0.717, 1.165) is 55.9 Å². The average Bonchev–Trinajstić information content (AvgIpc) is 3.30. The van der Waals surface area contributed by atoms with Crippen LogP contribution in [-0.4, -0.2) is 15.3 Å². The lowest BCUT2D eigenvalue weighted by molar-refractivity contribution is 1.03. The minimum absolute atomic E-state index is 0.553. The van der Waals surface area contributed by atoms with Crippen LogP contribution in [0.3, 0.4) is 0 Å². The summed E-state index contributed by atoms with van der Waals surface area (Å²) in [5.41, 5.74) is 8.75. The lowest BCUT2D eigenvalue weighted by Gasteiger charge is -2.16. The zero-order valence-corrected chi connectivity index (χ0v) is 20.9. The van der Waals surface area contributed by atoms with Crippen LogP contribution in [0.1, 0.15) is 32.0 Å². The molecule has 1 aliphatic rings. The van der Waals surface area contributed by atoms with E-state index in [1.54, 1.807) is 0 Å². The zero-order chi connectivity index (χ0) is 25.1. The quantitative estimate of drug-likeness (QED) is 0.283. The number of benzene rings is 3. The van der Waals surface area contributed by atoms with Crippen LogP contribution in [0.2, 0.25) is 0 Å². The molecule has 176 valence electrons. The summed E-state index contributed by atoms with van der Waals surface area (Å²) in [5, 5.41) is 9.95. The Balaban J connectivity index is 0.00000130. The van der Waals surface area contributed by atoms with Crippen LogP contribution >= 0.6 is 0 Å². The van der Waals surface area contributed by atoms with Crippen LogP contribution in [-0.2, 0) is 0 Å². The van der Waals surface area contributed by atoms with Gasteiger partial charge >= 0.3 is 0 Å². The number of rotatable bonds is 3. The van der Waals surface area contributed by atoms with E-state index in [0.29, 0.717) is 5.71 Å². The van der Waals surface area contributed by atoms with E-state index in [9.17, 15) is 0 Å². The molecule has 1 N–H and O–H groups in total. The third-order valence-electron chi connectivity index (χ3n) is 6.40. The maximum atomic E-state index is 8.89. The zero-order valence-electron chi connectivity index (χ0n) is 20.9. The first-order chi connectivity index (χ1) is 17.7. The lowest BCUT2D eigenvalue weighted by Crippen LogP contribution is -2.09. The highest BCUT2D eigenvalue weighted by Crippen LogP contribution is 2.36. The number of para-hydroxylation sites is 1. The molecule has 5 aromatic rings. The van der Waals surface area contributed by atoms with Crippen LogP contribution in [0.4, 0.5) is 0 Å². The normalized spacial score (nSPS) is 13.4. The molecule has 0 bridgehead atoms. The second-order valence-corrected chi connectivity index (χ2v) is 8.40. The van der Waals surface area contributed by atoms with Gasteiger partial charge in [0.15, 0.2) is 0 Å². The van der Waals surface area contributed by atoms with Crippen molar-refractivity contribution in [2.75, 3.05) is 0 Å². The fraction of sp³-hybridized carbons (Fsp3) is 0.0909. The van der Waals surface area contributed by atoms with Gasteiger partial charge in [0.25, 0.3) is 0 Å². The molecule has 6 rings (SSSR count). The number of pyridine rings is 1. The second-order valence-electron chi connectivity index (χ2n) is 8.40. The van der Waals surface area contributed by atoms with E-state index >= 15 is 0 Å². The van der Waals surface area contributed by atoms with Gasteiger partial charge in [-0.1, -0.05) is 105 Å². The maximum Gasteiger partial charge on any atom is 0.138 e. The highest BCUT2D eigenvalue weighted by molar-refractivity contribution is 6.23. The van der Waals surface area contributed by atoms with Gasteiger partial charge in [-0.2, -0.15) is 0 Å². The third-order valence-corrected chi connectivity index (χ3v) is 6.40. The van der Waals surface area contributed by atoms with Gasteiger partial charge in [0.1, 0.15) is 5.82 Å². The number of fused-ring (bicyclic) bond motifs is 3. The van der Waals surface area contributed by atoms with Gasteiger partial charge in [-0.25, -0.2) is 4.98 Å². The van der Waals surface area contributed by atoms with E-state index in [2.05, 4.69) is 71.3 Å². The van der Waals surface area contributed by atoms with Crippen molar-refractivity contribution in [1.29, 1.82) is 5.41 Å². The molecule has 0 saturated heterocycles. The van der Waals surface area contributed by atoms with Crippen molar-refractivity contribution in [2.24, 2.45) is 0 Å². The molecule has 0 radical (unpaired) electrons. The van der Waals surface area contributed by atoms with Gasteiger partial charge in [0.05, 0.1) is 22.6 Å². The van der Waals surface area contributed by atoms with E-state index in [4.69, 9.17) is 10.4 Å². The maximum absolute atomic E-state index is 8.89. The highest BCUT2D eigenvalue weighted by atomic mass is 15.1. The Kier molecular flexibility index (Phi) is 6.46. The molecule has 0 aliphatic heterocycles. The van der Waals surface area contributed by atoms with Crippen molar-refractivity contribution in [3.63, 3.8) is 0 Å². The van der Waals surface area contributed by atoms with Gasteiger partial charge in [0, 0.05) is 16.5 Å². The van der Waals surface area contributed by atoms with E-state index in [1.165, 1.54) is 0 Å². The summed E-state index contributed by atoms with van der Waals surface area (Å²) in [7, 11) is 0. The SMILES string of the molecule is C/C=C1/C=Cc2c(c3ccccc3n2-c2cc(-c3ccccc3)cc(-c3ccccc3)n2)C1=N.CC. The van der Waals surface area contributed by atoms with Crippen molar-refractivity contribution >= 4 is 22.7 Å². The molecule has 1 aliphatic carbocycles. The van der Waals surface area contributed by atoms with Gasteiger partial charge in [-0.3, -0.25) is 9.98 Å². The predicted molar refractivity (Wildman–Crippen MR) is 153 cm³/mol. The fourth-order valence-corrected chi connectivity index (χ4v) is 4.75. The van der Waals surface area contributed by atoms with Crippen molar-refractivity contribution < 1.29 is 0 Å². The van der Waals surface area contributed by atoms with Crippen LogP contribution in [0.25, 0.3) is 45.2 Å². The Morgan fingerprint density at radius 2 is 1.36 bits per heavy atom. The van der Waals surface area contributed by atoms with Gasteiger partial charge in [-0.15, -0.1) is 0 Å².